The highest BCUT2D eigenvalue weighted by Crippen LogP contribution is 2.32. The largest absolute Gasteiger partial charge is 0.391 e. The molecule has 0 aliphatic carbocycles. The first-order valence-electron chi connectivity index (χ1n) is 5.60. The van der Waals surface area contributed by atoms with Crippen LogP contribution < -0.4 is 4.90 Å². The first kappa shape index (κ1) is 10.5. The van der Waals surface area contributed by atoms with Crippen LogP contribution in [0.4, 0.5) is 5.69 Å². The lowest BCUT2D eigenvalue weighted by molar-refractivity contribution is 0.126. The predicted octanol–water partition coefficient (Wildman–Crippen LogP) is 2.43. The van der Waals surface area contributed by atoms with E-state index in [2.05, 4.69) is 30.9 Å². The van der Waals surface area contributed by atoms with Gasteiger partial charge in [0.05, 0.1) is 6.10 Å². The summed E-state index contributed by atoms with van der Waals surface area (Å²) in [5.41, 5.74) is 1.36. The third-order valence-corrected chi connectivity index (χ3v) is 3.28. The Kier molecular flexibility index (Phi) is 2.70. The molecule has 1 heterocycles. The van der Waals surface area contributed by atoms with Crippen molar-refractivity contribution in [2.24, 2.45) is 0 Å². The maximum Gasteiger partial charge on any atom is 0.0716 e. The highest BCUT2D eigenvalue weighted by atomic mass is 16.3. The van der Waals surface area contributed by atoms with E-state index in [9.17, 15) is 5.11 Å². The molecule has 0 amide bonds. The number of anilines is 1. The molecule has 1 aliphatic heterocycles. The van der Waals surface area contributed by atoms with Crippen LogP contribution in [0.25, 0.3) is 0 Å². The Balaban J connectivity index is 2.26. The number of para-hydroxylation sites is 1. The van der Waals surface area contributed by atoms with Crippen molar-refractivity contribution >= 4 is 5.69 Å². The fourth-order valence-corrected chi connectivity index (χ4v) is 2.27. The zero-order chi connectivity index (χ0) is 10.9. The number of piperidine rings is 1. The van der Waals surface area contributed by atoms with Gasteiger partial charge in [-0.15, -0.1) is 0 Å². The summed E-state index contributed by atoms with van der Waals surface area (Å²) >= 11 is 0. The number of hydrogen-bond acceptors (Lipinski definition) is 2. The summed E-state index contributed by atoms with van der Waals surface area (Å²) in [6.45, 7) is 5.23. The minimum atomic E-state index is -0.182. The van der Waals surface area contributed by atoms with Crippen molar-refractivity contribution in [2.45, 2.75) is 38.3 Å². The first-order valence-corrected chi connectivity index (χ1v) is 5.60. The third-order valence-electron chi connectivity index (χ3n) is 3.28. The van der Waals surface area contributed by atoms with Gasteiger partial charge in [0.15, 0.2) is 0 Å². The second-order valence-corrected chi connectivity index (χ2v) is 4.95. The molecule has 0 spiro atoms. The Morgan fingerprint density at radius 1 is 1.27 bits per heavy atom. The average molecular weight is 205 g/mol. The fraction of sp³-hybridized carbons (Fsp3) is 0.538. The number of hydrogen-bond donors (Lipinski definition) is 1. The standard InChI is InChI=1S/C13H19NO/c1-13(2)9-8-12(15)10-14(13)11-6-4-3-5-7-11/h3-7,12,15H,8-10H2,1-2H3. The van der Waals surface area contributed by atoms with Crippen molar-refractivity contribution in [1.82, 2.24) is 0 Å². The molecule has 0 radical (unpaired) electrons. The minimum absolute atomic E-state index is 0.153. The zero-order valence-corrected chi connectivity index (χ0v) is 9.48. The van der Waals surface area contributed by atoms with E-state index < -0.39 is 0 Å². The van der Waals surface area contributed by atoms with Gasteiger partial charge in [0.25, 0.3) is 0 Å². The molecular formula is C13H19NO. The predicted molar refractivity (Wildman–Crippen MR) is 63.1 cm³/mol. The Morgan fingerprint density at radius 2 is 1.93 bits per heavy atom. The molecule has 1 fully saturated rings. The Hall–Kier alpha value is -1.02. The molecule has 1 aromatic carbocycles. The van der Waals surface area contributed by atoms with E-state index >= 15 is 0 Å². The topological polar surface area (TPSA) is 23.5 Å². The summed E-state index contributed by atoms with van der Waals surface area (Å²) in [5.74, 6) is 0. The number of aliphatic hydroxyl groups is 1. The van der Waals surface area contributed by atoms with E-state index in [1.165, 1.54) is 5.69 Å². The maximum atomic E-state index is 9.73. The molecule has 1 N–H and O–H groups in total. The van der Waals surface area contributed by atoms with E-state index in [1.807, 2.05) is 18.2 Å². The second-order valence-electron chi connectivity index (χ2n) is 4.95. The zero-order valence-electron chi connectivity index (χ0n) is 9.48. The van der Waals surface area contributed by atoms with Crippen molar-refractivity contribution in [2.75, 3.05) is 11.4 Å². The number of benzene rings is 1. The Bertz CT molecular complexity index is 321. The summed E-state index contributed by atoms with van der Waals surface area (Å²) in [6, 6.07) is 10.3. The smallest absolute Gasteiger partial charge is 0.0716 e. The van der Waals surface area contributed by atoms with Crippen LogP contribution in [0.1, 0.15) is 26.7 Å². The van der Waals surface area contributed by atoms with Gasteiger partial charge in [-0.25, -0.2) is 0 Å². The Labute approximate surface area is 91.5 Å². The van der Waals surface area contributed by atoms with Crippen LogP contribution in [-0.4, -0.2) is 23.3 Å². The van der Waals surface area contributed by atoms with Crippen LogP contribution in [-0.2, 0) is 0 Å². The summed E-state index contributed by atoms with van der Waals surface area (Å²) in [5, 5.41) is 9.73. The third kappa shape index (κ3) is 2.15. The van der Waals surface area contributed by atoms with Crippen LogP contribution in [0, 0.1) is 0 Å². The quantitative estimate of drug-likeness (QED) is 0.761. The molecule has 1 atom stereocenters. The SMILES string of the molecule is CC1(C)CCC(O)CN1c1ccccc1. The van der Waals surface area contributed by atoms with Gasteiger partial charge in [-0.1, -0.05) is 18.2 Å². The van der Waals surface area contributed by atoms with E-state index in [4.69, 9.17) is 0 Å². The summed E-state index contributed by atoms with van der Waals surface area (Å²) in [4.78, 5) is 2.31. The van der Waals surface area contributed by atoms with Gasteiger partial charge in [0.2, 0.25) is 0 Å². The molecule has 82 valence electrons. The second kappa shape index (κ2) is 3.86. The number of aliphatic hydroxyl groups excluding tert-OH is 1. The van der Waals surface area contributed by atoms with Crippen molar-refractivity contribution in [3.63, 3.8) is 0 Å². The summed E-state index contributed by atoms with van der Waals surface area (Å²) in [6.07, 6.45) is 1.78. The lowest BCUT2D eigenvalue weighted by atomic mass is 9.88. The van der Waals surface area contributed by atoms with Crippen molar-refractivity contribution in [3.8, 4) is 0 Å². The number of rotatable bonds is 1. The lowest BCUT2D eigenvalue weighted by Gasteiger charge is -2.46. The van der Waals surface area contributed by atoms with Gasteiger partial charge >= 0.3 is 0 Å². The van der Waals surface area contributed by atoms with Crippen molar-refractivity contribution in [1.29, 1.82) is 0 Å². The molecule has 0 saturated carbocycles. The van der Waals surface area contributed by atoms with Gasteiger partial charge in [-0.05, 0) is 38.8 Å². The van der Waals surface area contributed by atoms with Gasteiger partial charge in [0.1, 0.15) is 0 Å². The average Bonchev–Trinajstić information content (AvgIpc) is 2.23. The van der Waals surface area contributed by atoms with E-state index in [0.717, 1.165) is 19.4 Å². The Morgan fingerprint density at radius 3 is 2.60 bits per heavy atom. The van der Waals surface area contributed by atoms with Crippen LogP contribution in [0.3, 0.4) is 0 Å². The number of β-amino-alcohol motifs (C(OH)–C–C–N with tert-alkyl or cyclic N) is 1. The molecule has 1 aliphatic rings. The van der Waals surface area contributed by atoms with Crippen LogP contribution >= 0.6 is 0 Å². The molecule has 0 bridgehead atoms. The minimum Gasteiger partial charge on any atom is -0.391 e. The molecule has 1 aromatic rings. The van der Waals surface area contributed by atoms with Crippen LogP contribution in [0.2, 0.25) is 0 Å². The highest BCUT2D eigenvalue weighted by molar-refractivity contribution is 5.49. The highest BCUT2D eigenvalue weighted by Gasteiger charge is 2.33. The van der Waals surface area contributed by atoms with E-state index in [1.54, 1.807) is 0 Å². The summed E-state index contributed by atoms with van der Waals surface area (Å²) < 4.78 is 0. The fourth-order valence-electron chi connectivity index (χ4n) is 2.27. The van der Waals surface area contributed by atoms with Crippen molar-refractivity contribution < 1.29 is 5.11 Å². The van der Waals surface area contributed by atoms with E-state index in [-0.39, 0.29) is 11.6 Å². The van der Waals surface area contributed by atoms with Gasteiger partial charge in [0, 0.05) is 17.8 Å². The maximum absolute atomic E-state index is 9.73. The summed E-state index contributed by atoms with van der Waals surface area (Å²) in [7, 11) is 0. The first-order chi connectivity index (χ1) is 7.09. The van der Waals surface area contributed by atoms with Crippen LogP contribution in [0.5, 0.6) is 0 Å². The molecule has 2 rings (SSSR count). The van der Waals surface area contributed by atoms with Crippen molar-refractivity contribution in [3.05, 3.63) is 30.3 Å². The molecule has 1 unspecified atom stereocenters. The molecule has 2 nitrogen and oxygen atoms in total. The number of nitrogens with zero attached hydrogens (tertiary/aromatic N) is 1. The molecule has 1 saturated heterocycles. The molecule has 15 heavy (non-hydrogen) atoms. The van der Waals surface area contributed by atoms with Gasteiger partial charge in [-0.2, -0.15) is 0 Å². The molecule has 2 heteroatoms. The molecule has 0 aromatic heterocycles. The monoisotopic (exact) mass is 205 g/mol. The van der Waals surface area contributed by atoms with Crippen LogP contribution in [0.15, 0.2) is 30.3 Å². The normalized spacial score (nSPS) is 25.3. The lowest BCUT2D eigenvalue weighted by Crippen LogP contribution is -2.52. The van der Waals surface area contributed by atoms with E-state index in [0.29, 0.717) is 0 Å². The van der Waals surface area contributed by atoms with Gasteiger partial charge in [-0.3, -0.25) is 0 Å². The molecular weight excluding hydrogens is 186 g/mol. The van der Waals surface area contributed by atoms with Gasteiger partial charge < -0.3 is 10.0 Å².